The fourth-order valence-corrected chi connectivity index (χ4v) is 1.20. The fourth-order valence-electron chi connectivity index (χ4n) is 1.20. The van der Waals surface area contributed by atoms with Gasteiger partial charge in [-0.05, 0) is 17.0 Å². The molecule has 81 valence electrons. The van der Waals surface area contributed by atoms with Gasteiger partial charge in [0.25, 0.3) is 0 Å². The highest BCUT2D eigenvalue weighted by atomic mass is 16.6. The quantitative estimate of drug-likeness (QED) is 0.554. The summed E-state index contributed by atoms with van der Waals surface area (Å²) in [6, 6.07) is 6.04. The Morgan fingerprint density at radius 1 is 1.47 bits per heavy atom. The molecule has 1 rings (SSSR count). The molecule has 0 spiro atoms. The Balaban J connectivity index is 3.28. The van der Waals surface area contributed by atoms with Gasteiger partial charge >= 0.3 is 5.69 Å². The van der Waals surface area contributed by atoms with Crippen molar-refractivity contribution in [3.63, 3.8) is 0 Å². The van der Waals surface area contributed by atoms with E-state index in [0.717, 1.165) is 5.56 Å². The highest BCUT2D eigenvalue weighted by Crippen LogP contribution is 2.32. The summed E-state index contributed by atoms with van der Waals surface area (Å²) in [4.78, 5) is 10.3. The molecule has 0 atom stereocenters. The van der Waals surface area contributed by atoms with Crippen LogP contribution in [0.15, 0.2) is 12.1 Å². The summed E-state index contributed by atoms with van der Waals surface area (Å²) in [6.07, 6.45) is 0. The first-order chi connectivity index (χ1) is 6.86. The predicted molar refractivity (Wildman–Crippen MR) is 57.2 cm³/mol. The van der Waals surface area contributed by atoms with Crippen molar-refractivity contribution in [1.82, 2.24) is 0 Å². The summed E-state index contributed by atoms with van der Waals surface area (Å²) in [5, 5.41) is 10.8. The van der Waals surface area contributed by atoms with Gasteiger partial charge in [-0.2, -0.15) is 0 Å². The molecule has 4 nitrogen and oxygen atoms in total. The van der Waals surface area contributed by atoms with Crippen LogP contribution in [0, 0.1) is 16.2 Å². The number of rotatable bonds is 2. The molecule has 0 N–H and O–H groups in total. The molecule has 0 aromatic heterocycles. The molecule has 1 aromatic rings. The molecule has 1 aromatic carbocycles. The van der Waals surface area contributed by atoms with Gasteiger partial charge in [0.2, 0.25) is 5.75 Å². The van der Waals surface area contributed by atoms with E-state index in [9.17, 15) is 10.1 Å². The number of hydrogen-bond acceptors (Lipinski definition) is 3. The van der Waals surface area contributed by atoms with E-state index in [4.69, 9.17) is 4.74 Å². The lowest BCUT2D eigenvalue weighted by Gasteiger charge is -2.18. The average molecular weight is 208 g/mol. The number of nitrogens with zero attached hydrogens (tertiary/aromatic N) is 1. The van der Waals surface area contributed by atoms with Gasteiger partial charge in [0, 0.05) is 12.1 Å². The van der Waals surface area contributed by atoms with Gasteiger partial charge in [-0.25, -0.2) is 0 Å². The average Bonchev–Trinajstić information content (AvgIpc) is 2.15. The van der Waals surface area contributed by atoms with Crippen molar-refractivity contribution in [3.8, 4) is 5.75 Å². The zero-order valence-electron chi connectivity index (χ0n) is 9.33. The molecule has 0 heterocycles. The second kappa shape index (κ2) is 3.88. The number of hydrogen-bond donors (Lipinski definition) is 0. The van der Waals surface area contributed by atoms with Gasteiger partial charge in [0.1, 0.15) is 0 Å². The Kier molecular flexibility index (Phi) is 2.98. The van der Waals surface area contributed by atoms with Crippen molar-refractivity contribution in [3.05, 3.63) is 33.9 Å². The zero-order valence-corrected chi connectivity index (χ0v) is 9.33. The van der Waals surface area contributed by atoms with Crippen LogP contribution >= 0.6 is 0 Å². The number of nitro groups is 1. The van der Waals surface area contributed by atoms with Crippen LogP contribution < -0.4 is 4.74 Å². The first-order valence-corrected chi connectivity index (χ1v) is 4.61. The Morgan fingerprint density at radius 2 is 2.07 bits per heavy atom. The van der Waals surface area contributed by atoms with Gasteiger partial charge in [0.15, 0.2) is 0 Å². The molecular formula is C11H14NO3. The van der Waals surface area contributed by atoms with Crippen LogP contribution in [-0.4, -0.2) is 12.0 Å². The van der Waals surface area contributed by atoms with E-state index in [0.29, 0.717) is 0 Å². The van der Waals surface area contributed by atoms with E-state index < -0.39 is 4.92 Å². The molecule has 0 aliphatic rings. The molecule has 1 radical (unpaired) electrons. The van der Waals surface area contributed by atoms with Crippen molar-refractivity contribution < 1.29 is 9.66 Å². The molecule has 0 amide bonds. The van der Waals surface area contributed by atoms with Crippen molar-refractivity contribution in [2.75, 3.05) is 7.11 Å². The van der Waals surface area contributed by atoms with Crippen LogP contribution in [0.25, 0.3) is 0 Å². The largest absolute Gasteiger partial charge is 0.490 e. The summed E-state index contributed by atoms with van der Waals surface area (Å²) in [5.74, 6) is 0.174. The standard InChI is InChI=1S/C11H14NO3/c1-11(2,3)8-5-6-10(15-4)9(7-8)12(13)14/h5,7H,1-4H3. The molecule has 0 aliphatic carbocycles. The summed E-state index contributed by atoms with van der Waals surface area (Å²) in [5.41, 5.74) is 0.702. The van der Waals surface area contributed by atoms with Crippen molar-refractivity contribution in [1.29, 1.82) is 0 Å². The second-order valence-corrected chi connectivity index (χ2v) is 4.31. The minimum atomic E-state index is -0.454. The molecule has 0 bridgehead atoms. The Labute approximate surface area is 89.0 Å². The van der Waals surface area contributed by atoms with Crippen molar-refractivity contribution in [2.24, 2.45) is 0 Å². The van der Waals surface area contributed by atoms with E-state index in [1.54, 1.807) is 6.07 Å². The fraction of sp³-hybridized carbons (Fsp3) is 0.455. The lowest BCUT2D eigenvalue weighted by molar-refractivity contribution is -0.385. The molecule has 0 fully saturated rings. The van der Waals surface area contributed by atoms with Crippen LogP contribution in [0.3, 0.4) is 0 Å². The third-order valence-corrected chi connectivity index (χ3v) is 2.15. The summed E-state index contributed by atoms with van der Waals surface area (Å²) < 4.78 is 4.88. The number of nitro benzene ring substituents is 1. The van der Waals surface area contributed by atoms with E-state index in [1.165, 1.54) is 13.2 Å². The van der Waals surface area contributed by atoms with Crippen molar-refractivity contribution in [2.45, 2.75) is 26.2 Å². The Bertz CT molecular complexity index is 380. The maximum Gasteiger partial charge on any atom is 0.311 e. The molecule has 0 saturated carbocycles. The van der Waals surface area contributed by atoms with E-state index in [-0.39, 0.29) is 16.9 Å². The number of methoxy groups -OCH3 is 1. The molecule has 0 saturated heterocycles. The highest BCUT2D eigenvalue weighted by Gasteiger charge is 2.21. The second-order valence-electron chi connectivity index (χ2n) is 4.31. The van der Waals surface area contributed by atoms with E-state index >= 15 is 0 Å². The van der Waals surface area contributed by atoms with Crippen molar-refractivity contribution >= 4 is 5.69 Å². The van der Waals surface area contributed by atoms with E-state index in [2.05, 4.69) is 6.07 Å². The zero-order chi connectivity index (χ0) is 11.6. The van der Waals surface area contributed by atoms with Gasteiger partial charge in [-0.15, -0.1) is 0 Å². The SMILES string of the molecule is COc1[c]cc(C(C)(C)C)cc1[N+](=O)[O-]. The Morgan fingerprint density at radius 3 is 2.47 bits per heavy atom. The van der Waals surface area contributed by atoms with Crippen LogP contribution in [-0.2, 0) is 5.41 Å². The van der Waals surface area contributed by atoms with E-state index in [1.807, 2.05) is 20.8 Å². The minimum Gasteiger partial charge on any atom is -0.490 e. The molecular weight excluding hydrogens is 194 g/mol. The van der Waals surface area contributed by atoms with Crippen LogP contribution in [0.4, 0.5) is 5.69 Å². The van der Waals surface area contributed by atoms with Gasteiger partial charge in [-0.1, -0.05) is 20.8 Å². The smallest absolute Gasteiger partial charge is 0.311 e. The maximum absolute atomic E-state index is 10.8. The molecule has 0 unspecified atom stereocenters. The topological polar surface area (TPSA) is 52.4 Å². The Hall–Kier alpha value is -1.58. The number of benzene rings is 1. The first kappa shape index (κ1) is 11.5. The normalized spacial score (nSPS) is 11.2. The lowest BCUT2D eigenvalue weighted by Crippen LogP contribution is -2.11. The molecule has 4 heteroatoms. The third-order valence-electron chi connectivity index (χ3n) is 2.15. The third kappa shape index (κ3) is 2.46. The van der Waals surface area contributed by atoms with Gasteiger partial charge in [-0.3, -0.25) is 10.1 Å². The van der Waals surface area contributed by atoms with Crippen LogP contribution in [0.1, 0.15) is 26.3 Å². The first-order valence-electron chi connectivity index (χ1n) is 4.61. The number of ether oxygens (including phenoxy) is 1. The van der Waals surface area contributed by atoms with Gasteiger partial charge < -0.3 is 4.74 Å². The maximum atomic E-state index is 10.8. The minimum absolute atomic E-state index is 0.0371. The predicted octanol–water partition coefficient (Wildman–Crippen LogP) is 2.70. The van der Waals surface area contributed by atoms with Gasteiger partial charge in [0.05, 0.1) is 12.0 Å². The molecule has 15 heavy (non-hydrogen) atoms. The lowest BCUT2D eigenvalue weighted by atomic mass is 9.87. The van der Waals surface area contributed by atoms with Crippen LogP contribution in [0.2, 0.25) is 0 Å². The summed E-state index contributed by atoms with van der Waals surface area (Å²) in [6.45, 7) is 5.98. The van der Waals surface area contributed by atoms with Crippen LogP contribution in [0.5, 0.6) is 5.75 Å². The highest BCUT2D eigenvalue weighted by molar-refractivity contribution is 5.49. The monoisotopic (exact) mass is 208 g/mol. The summed E-state index contributed by atoms with van der Waals surface area (Å²) in [7, 11) is 1.40. The molecule has 0 aliphatic heterocycles. The summed E-state index contributed by atoms with van der Waals surface area (Å²) >= 11 is 0.